The standard InChI is InChI=1S/C15H17F2N3O/c1-15(7-3-2-4-12(15)18)14-19-13(20-21-14)9-5-6-10(16)11(17)8-9/h5-6,8,12H,2-4,7,18H2,1H3. The maximum atomic E-state index is 13.3. The Hall–Kier alpha value is -1.82. The van der Waals surface area contributed by atoms with Crippen molar-refractivity contribution in [3.05, 3.63) is 35.7 Å². The van der Waals surface area contributed by atoms with E-state index in [9.17, 15) is 8.78 Å². The molecular weight excluding hydrogens is 276 g/mol. The summed E-state index contributed by atoms with van der Waals surface area (Å²) in [6.07, 6.45) is 3.96. The minimum atomic E-state index is -0.931. The van der Waals surface area contributed by atoms with Crippen molar-refractivity contribution >= 4 is 0 Å². The van der Waals surface area contributed by atoms with Crippen LogP contribution in [0.3, 0.4) is 0 Å². The molecule has 2 aromatic rings. The summed E-state index contributed by atoms with van der Waals surface area (Å²) in [4.78, 5) is 4.35. The highest BCUT2D eigenvalue weighted by Crippen LogP contribution is 2.38. The number of halogens is 2. The van der Waals surface area contributed by atoms with E-state index in [-0.39, 0.29) is 17.3 Å². The van der Waals surface area contributed by atoms with Crippen LogP contribution in [-0.4, -0.2) is 16.2 Å². The van der Waals surface area contributed by atoms with E-state index in [0.29, 0.717) is 11.5 Å². The lowest BCUT2D eigenvalue weighted by molar-refractivity contribution is 0.203. The van der Waals surface area contributed by atoms with Gasteiger partial charge in [-0.2, -0.15) is 4.98 Å². The van der Waals surface area contributed by atoms with Crippen LogP contribution in [0.1, 0.15) is 38.5 Å². The fourth-order valence-electron chi connectivity index (χ4n) is 2.83. The molecule has 2 unspecified atom stereocenters. The topological polar surface area (TPSA) is 64.9 Å². The van der Waals surface area contributed by atoms with Crippen molar-refractivity contribution < 1.29 is 13.3 Å². The molecule has 0 amide bonds. The highest BCUT2D eigenvalue weighted by Gasteiger charge is 2.40. The average Bonchev–Trinajstić information content (AvgIpc) is 2.95. The third-order valence-electron chi connectivity index (χ3n) is 4.37. The Labute approximate surface area is 121 Å². The first kappa shape index (κ1) is 14.1. The molecule has 4 nitrogen and oxygen atoms in total. The molecule has 0 aliphatic heterocycles. The minimum Gasteiger partial charge on any atom is -0.338 e. The molecule has 0 saturated heterocycles. The van der Waals surface area contributed by atoms with Crippen LogP contribution in [0, 0.1) is 11.6 Å². The maximum absolute atomic E-state index is 13.3. The maximum Gasteiger partial charge on any atom is 0.234 e. The predicted octanol–water partition coefficient (Wildman–Crippen LogP) is 3.17. The number of aromatic nitrogens is 2. The van der Waals surface area contributed by atoms with Crippen molar-refractivity contribution in [3.8, 4) is 11.4 Å². The molecule has 1 heterocycles. The smallest absolute Gasteiger partial charge is 0.234 e. The highest BCUT2D eigenvalue weighted by atomic mass is 19.2. The van der Waals surface area contributed by atoms with Crippen LogP contribution in [0.2, 0.25) is 0 Å². The molecule has 112 valence electrons. The molecule has 0 spiro atoms. The summed E-state index contributed by atoms with van der Waals surface area (Å²) in [5, 5.41) is 3.88. The Morgan fingerprint density at radius 1 is 1.29 bits per heavy atom. The Bertz CT molecular complexity index is 658. The molecule has 21 heavy (non-hydrogen) atoms. The number of nitrogens with two attached hydrogens (primary N) is 1. The zero-order valence-electron chi connectivity index (χ0n) is 11.8. The van der Waals surface area contributed by atoms with Crippen molar-refractivity contribution in [2.45, 2.75) is 44.1 Å². The van der Waals surface area contributed by atoms with Gasteiger partial charge < -0.3 is 10.3 Å². The fourth-order valence-corrected chi connectivity index (χ4v) is 2.83. The molecule has 3 rings (SSSR count). The molecule has 0 radical (unpaired) electrons. The summed E-state index contributed by atoms with van der Waals surface area (Å²) in [6, 6.07) is 3.50. The Balaban J connectivity index is 1.94. The summed E-state index contributed by atoms with van der Waals surface area (Å²) in [5.74, 6) is -1.11. The van der Waals surface area contributed by atoms with Gasteiger partial charge in [0.25, 0.3) is 0 Å². The molecule has 1 aromatic carbocycles. The second-order valence-corrected chi connectivity index (χ2v) is 5.82. The fraction of sp³-hybridized carbons (Fsp3) is 0.467. The van der Waals surface area contributed by atoms with E-state index in [4.69, 9.17) is 10.3 Å². The zero-order chi connectivity index (χ0) is 15.0. The Morgan fingerprint density at radius 3 is 2.81 bits per heavy atom. The van der Waals surface area contributed by atoms with Crippen molar-refractivity contribution in [1.82, 2.24) is 10.1 Å². The van der Waals surface area contributed by atoms with Gasteiger partial charge in [-0.15, -0.1) is 0 Å². The average molecular weight is 293 g/mol. The van der Waals surface area contributed by atoms with E-state index in [0.717, 1.165) is 37.8 Å². The number of benzene rings is 1. The molecule has 1 aliphatic carbocycles. The van der Waals surface area contributed by atoms with Gasteiger partial charge >= 0.3 is 0 Å². The third-order valence-corrected chi connectivity index (χ3v) is 4.37. The van der Waals surface area contributed by atoms with Gasteiger partial charge in [0.1, 0.15) is 0 Å². The largest absolute Gasteiger partial charge is 0.338 e. The summed E-state index contributed by atoms with van der Waals surface area (Å²) in [6.45, 7) is 2.01. The van der Waals surface area contributed by atoms with Gasteiger partial charge in [0.2, 0.25) is 11.7 Å². The lowest BCUT2D eigenvalue weighted by atomic mass is 9.72. The molecule has 1 aliphatic rings. The van der Waals surface area contributed by atoms with Crippen LogP contribution < -0.4 is 5.73 Å². The van der Waals surface area contributed by atoms with E-state index >= 15 is 0 Å². The minimum absolute atomic E-state index is 0.0375. The van der Waals surface area contributed by atoms with Gasteiger partial charge in [-0.1, -0.05) is 18.0 Å². The quantitative estimate of drug-likeness (QED) is 0.923. The van der Waals surface area contributed by atoms with Crippen molar-refractivity contribution in [3.63, 3.8) is 0 Å². The normalized spacial score (nSPS) is 26.0. The van der Waals surface area contributed by atoms with E-state index in [2.05, 4.69) is 10.1 Å². The number of hydrogen-bond donors (Lipinski definition) is 1. The monoisotopic (exact) mass is 293 g/mol. The second-order valence-electron chi connectivity index (χ2n) is 5.82. The number of nitrogens with zero attached hydrogens (tertiary/aromatic N) is 2. The predicted molar refractivity (Wildman–Crippen MR) is 73.4 cm³/mol. The number of hydrogen-bond acceptors (Lipinski definition) is 4. The highest BCUT2D eigenvalue weighted by molar-refractivity contribution is 5.54. The van der Waals surface area contributed by atoms with Gasteiger partial charge in [0, 0.05) is 11.6 Å². The lowest BCUT2D eigenvalue weighted by Gasteiger charge is -2.35. The number of rotatable bonds is 2. The van der Waals surface area contributed by atoms with Crippen LogP contribution in [0.25, 0.3) is 11.4 Å². The van der Waals surface area contributed by atoms with E-state index in [1.165, 1.54) is 6.07 Å². The molecule has 1 fully saturated rings. The first-order valence-electron chi connectivity index (χ1n) is 7.06. The van der Waals surface area contributed by atoms with Crippen LogP contribution in [0.15, 0.2) is 22.7 Å². The zero-order valence-corrected chi connectivity index (χ0v) is 11.8. The van der Waals surface area contributed by atoms with Gasteiger partial charge in [-0.3, -0.25) is 0 Å². The van der Waals surface area contributed by atoms with Crippen LogP contribution in [0.5, 0.6) is 0 Å². The first-order chi connectivity index (χ1) is 10.0. The molecule has 1 aromatic heterocycles. The van der Waals surface area contributed by atoms with Crippen LogP contribution in [0.4, 0.5) is 8.78 Å². The van der Waals surface area contributed by atoms with Gasteiger partial charge in [0.05, 0.1) is 5.41 Å². The molecule has 2 N–H and O–H groups in total. The summed E-state index contributed by atoms with van der Waals surface area (Å²) in [7, 11) is 0. The Kier molecular flexibility index (Phi) is 3.49. The third kappa shape index (κ3) is 2.44. The summed E-state index contributed by atoms with van der Waals surface area (Å²) in [5.41, 5.74) is 6.23. The van der Waals surface area contributed by atoms with Crippen LogP contribution in [-0.2, 0) is 5.41 Å². The molecular formula is C15H17F2N3O. The van der Waals surface area contributed by atoms with Crippen LogP contribution >= 0.6 is 0 Å². The van der Waals surface area contributed by atoms with Crippen molar-refractivity contribution in [2.24, 2.45) is 5.73 Å². The molecule has 1 saturated carbocycles. The summed E-state index contributed by atoms with van der Waals surface area (Å²) < 4.78 is 31.6. The second kappa shape index (κ2) is 5.18. The Morgan fingerprint density at radius 2 is 2.10 bits per heavy atom. The van der Waals surface area contributed by atoms with Gasteiger partial charge in [0.15, 0.2) is 11.6 Å². The lowest BCUT2D eigenvalue weighted by Crippen LogP contribution is -2.45. The van der Waals surface area contributed by atoms with Crippen molar-refractivity contribution in [1.29, 1.82) is 0 Å². The summed E-state index contributed by atoms with van der Waals surface area (Å²) >= 11 is 0. The van der Waals surface area contributed by atoms with Crippen molar-refractivity contribution in [2.75, 3.05) is 0 Å². The molecule has 6 heteroatoms. The van der Waals surface area contributed by atoms with E-state index in [1.807, 2.05) is 6.92 Å². The SMILES string of the molecule is CC1(c2nc(-c3ccc(F)c(F)c3)no2)CCCCC1N. The molecule has 0 bridgehead atoms. The van der Waals surface area contributed by atoms with Gasteiger partial charge in [-0.05, 0) is 38.0 Å². The molecule has 2 atom stereocenters. The van der Waals surface area contributed by atoms with E-state index in [1.54, 1.807) is 0 Å². The van der Waals surface area contributed by atoms with E-state index < -0.39 is 11.6 Å². The first-order valence-corrected chi connectivity index (χ1v) is 7.06. The van der Waals surface area contributed by atoms with Gasteiger partial charge in [-0.25, -0.2) is 8.78 Å².